The first-order valence-corrected chi connectivity index (χ1v) is 6.52. The molecule has 1 unspecified atom stereocenters. The molecule has 1 aliphatic rings. The zero-order valence-corrected chi connectivity index (χ0v) is 10.9. The first kappa shape index (κ1) is 14.1. The van der Waals surface area contributed by atoms with Crippen LogP contribution >= 0.6 is 0 Å². The number of likely N-dealkylation sites (tertiary alicyclic amines) is 1. The van der Waals surface area contributed by atoms with Crippen LogP contribution in [0.3, 0.4) is 0 Å². The van der Waals surface area contributed by atoms with E-state index in [1.54, 1.807) is 0 Å². The number of alkyl halides is 3. The van der Waals surface area contributed by atoms with Crippen LogP contribution in [-0.2, 0) is 6.18 Å². The Morgan fingerprint density at radius 1 is 1.42 bits per heavy atom. The lowest BCUT2D eigenvalue weighted by atomic mass is 10.2. The SMILES string of the molecule is CCN1CCCC1CNc1ccc(C(F)(F)F)cn1. The standard InChI is InChI=1S/C13H18F3N3/c1-2-19-7-3-4-11(19)9-18-12-6-5-10(8-17-12)13(14,15)16/h5-6,8,11H,2-4,7,9H2,1H3,(H,17,18). The van der Waals surface area contributed by atoms with Gasteiger partial charge in [-0.3, -0.25) is 4.90 Å². The summed E-state index contributed by atoms with van der Waals surface area (Å²) in [6.07, 6.45) is -1.15. The smallest absolute Gasteiger partial charge is 0.369 e. The van der Waals surface area contributed by atoms with Crippen LogP contribution in [0, 0.1) is 0 Å². The maximum Gasteiger partial charge on any atom is 0.417 e. The fourth-order valence-corrected chi connectivity index (χ4v) is 2.43. The van der Waals surface area contributed by atoms with Gasteiger partial charge in [0.15, 0.2) is 0 Å². The van der Waals surface area contributed by atoms with Gasteiger partial charge in [0.05, 0.1) is 5.56 Å². The van der Waals surface area contributed by atoms with Gasteiger partial charge in [-0.15, -0.1) is 0 Å². The molecule has 3 nitrogen and oxygen atoms in total. The predicted molar refractivity (Wildman–Crippen MR) is 68.0 cm³/mol. The first-order valence-electron chi connectivity index (χ1n) is 6.52. The lowest BCUT2D eigenvalue weighted by Gasteiger charge is -2.23. The monoisotopic (exact) mass is 273 g/mol. The molecule has 2 heterocycles. The second-order valence-electron chi connectivity index (χ2n) is 4.74. The summed E-state index contributed by atoms with van der Waals surface area (Å²) in [5.74, 6) is 0.496. The first-order chi connectivity index (χ1) is 9.00. The van der Waals surface area contributed by atoms with E-state index >= 15 is 0 Å². The third-order valence-electron chi connectivity index (χ3n) is 3.51. The van der Waals surface area contributed by atoms with E-state index in [4.69, 9.17) is 0 Å². The van der Waals surface area contributed by atoms with E-state index in [9.17, 15) is 13.2 Å². The summed E-state index contributed by atoms with van der Waals surface area (Å²) in [6.45, 7) is 4.96. The number of likely N-dealkylation sites (N-methyl/N-ethyl adjacent to an activating group) is 1. The average molecular weight is 273 g/mol. The summed E-state index contributed by atoms with van der Waals surface area (Å²) in [5, 5.41) is 3.11. The van der Waals surface area contributed by atoms with Gasteiger partial charge in [-0.2, -0.15) is 13.2 Å². The second kappa shape index (κ2) is 5.77. The van der Waals surface area contributed by atoms with Crippen molar-refractivity contribution < 1.29 is 13.2 Å². The summed E-state index contributed by atoms with van der Waals surface area (Å²) >= 11 is 0. The van der Waals surface area contributed by atoms with Crippen molar-refractivity contribution in [1.29, 1.82) is 0 Å². The minimum Gasteiger partial charge on any atom is -0.369 e. The van der Waals surface area contributed by atoms with Crippen molar-refractivity contribution in [2.75, 3.05) is 25.0 Å². The average Bonchev–Trinajstić information content (AvgIpc) is 2.83. The van der Waals surface area contributed by atoms with E-state index in [-0.39, 0.29) is 0 Å². The number of rotatable bonds is 4. The molecule has 1 fully saturated rings. The summed E-state index contributed by atoms with van der Waals surface area (Å²) in [6, 6.07) is 2.89. The molecule has 1 N–H and O–H groups in total. The van der Waals surface area contributed by atoms with E-state index in [1.807, 2.05) is 0 Å². The lowest BCUT2D eigenvalue weighted by Crippen LogP contribution is -2.34. The van der Waals surface area contributed by atoms with Crippen LogP contribution in [0.25, 0.3) is 0 Å². The highest BCUT2D eigenvalue weighted by Gasteiger charge is 2.30. The van der Waals surface area contributed by atoms with E-state index in [0.29, 0.717) is 11.9 Å². The largest absolute Gasteiger partial charge is 0.417 e. The van der Waals surface area contributed by atoms with Crippen molar-refractivity contribution in [2.45, 2.75) is 32.0 Å². The Morgan fingerprint density at radius 2 is 2.21 bits per heavy atom. The van der Waals surface area contributed by atoms with Gasteiger partial charge in [0.25, 0.3) is 0 Å². The van der Waals surface area contributed by atoms with Crippen molar-refractivity contribution in [1.82, 2.24) is 9.88 Å². The second-order valence-corrected chi connectivity index (χ2v) is 4.74. The molecule has 0 radical (unpaired) electrons. The summed E-state index contributed by atoms with van der Waals surface area (Å²) in [4.78, 5) is 6.18. The molecule has 106 valence electrons. The molecule has 1 saturated heterocycles. The molecule has 0 aliphatic carbocycles. The third-order valence-corrected chi connectivity index (χ3v) is 3.51. The van der Waals surface area contributed by atoms with Gasteiger partial charge in [-0.25, -0.2) is 4.98 Å². The Balaban J connectivity index is 1.90. The summed E-state index contributed by atoms with van der Waals surface area (Å²) in [5.41, 5.74) is -0.714. The Kier molecular flexibility index (Phi) is 4.29. The number of nitrogens with one attached hydrogen (secondary N) is 1. The van der Waals surface area contributed by atoms with Crippen molar-refractivity contribution in [3.05, 3.63) is 23.9 Å². The maximum atomic E-state index is 12.4. The van der Waals surface area contributed by atoms with Crippen molar-refractivity contribution >= 4 is 5.82 Å². The van der Waals surface area contributed by atoms with Gasteiger partial charge in [0, 0.05) is 18.8 Å². The fourth-order valence-electron chi connectivity index (χ4n) is 2.43. The normalized spacial score (nSPS) is 20.7. The number of pyridine rings is 1. The number of hydrogen-bond donors (Lipinski definition) is 1. The third kappa shape index (κ3) is 3.59. The molecule has 1 aromatic heterocycles. The molecule has 0 spiro atoms. The lowest BCUT2D eigenvalue weighted by molar-refractivity contribution is -0.137. The molecule has 0 aromatic carbocycles. The molecule has 6 heteroatoms. The summed E-state index contributed by atoms with van der Waals surface area (Å²) in [7, 11) is 0. The van der Waals surface area contributed by atoms with Crippen LogP contribution < -0.4 is 5.32 Å². The zero-order chi connectivity index (χ0) is 13.9. The Labute approximate surface area is 110 Å². The molecular weight excluding hydrogens is 255 g/mol. The number of nitrogens with zero attached hydrogens (tertiary/aromatic N) is 2. The minimum absolute atomic E-state index is 0.453. The molecule has 0 amide bonds. The van der Waals surface area contributed by atoms with Crippen LogP contribution in [0.4, 0.5) is 19.0 Å². The van der Waals surface area contributed by atoms with Gasteiger partial charge in [-0.05, 0) is 38.1 Å². The molecule has 1 aliphatic heterocycles. The van der Waals surface area contributed by atoms with E-state index < -0.39 is 11.7 Å². The molecule has 19 heavy (non-hydrogen) atoms. The van der Waals surface area contributed by atoms with Gasteiger partial charge >= 0.3 is 6.18 Å². The molecule has 0 saturated carbocycles. The topological polar surface area (TPSA) is 28.2 Å². The highest BCUT2D eigenvalue weighted by atomic mass is 19.4. The minimum atomic E-state index is -4.32. The van der Waals surface area contributed by atoms with Crippen molar-refractivity contribution in [2.24, 2.45) is 0 Å². The van der Waals surface area contributed by atoms with E-state index in [1.165, 1.54) is 12.5 Å². The van der Waals surface area contributed by atoms with Gasteiger partial charge in [0.1, 0.15) is 5.82 Å². The Bertz CT molecular complexity index is 403. The number of anilines is 1. The van der Waals surface area contributed by atoms with Crippen LogP contribution in [0.2, 0.25) is 0 Å². The molecule has 2 rings (SSSR count). The number of aromatic nitrogens is 1. The van der Waals surface area contributed by atoms with Crippen LogP contribution in [0.1, 0.15) is 25.3 Å². The molecule has 1 atom stereocenters. The number of halogens is 3. The molecular formula is C13H18F3N3. The fraction of sp³-hybridized carbons (Fsp3) is 0.615. The van der Waals surface area contributed by atoms with E-state index in [0.717, 1.165) is 38.3 Å². The number of hydrogen-bond acceptors (Lipinski definition) is 3. The predicted octanol–water partition coefficient (Wildman–Crippen LogP) is 3.00. The zero-order valence-electron chi connectivity index (χ0n) is 10.9. The highest BCUT2D eigenvalue weighted by Crippen LogP contribution is 2.28. The van der Waals surface area contributed by atoms with Crippen LogP contribution in [-0.4, -0.2) is 35.6 Å². The van der Waals surface area contributed by atoms with Crippen molar-refractivity contribution in [3.8, 4) is 0 Å². The van der Waals surface area contributed by atoms with Crippen LogP contribution in [0.5, 0.6) is 0 Å². The van der Waals surface area contributed by atoms with Gasteiger partial charge in [0.2, 0.25) is 0 Å². The Hall–Kier alpha value is -1.30. The molecule has 0 bridgehead atoms. The Morgan fingerprint density at radius 3 is 2.79 bits per heavy atom. The molecule has 1 aromatic rings. The van der Waals surface area contributed by atoms with Crippen LogP contribution in [0.15, 0.2) is 18.3 Å². The quantitative estimate of drug-likeness (QED) is 0.914. The summed E-state index contributed by atoms with van der Waals surface area (Å²) < 4.78 is 37.1. The van der Waals surface area contributed by atoms with E-state index in [2.05, 4.69) is 22.1 Å². The van der Waals surface area contributed by atoms with Crippen molar-refractivity contribution in [3.63, 3.8) is 0 Å². The highest BCUT2D eigenvalue weighted by molar-refractivity contribution is 5.36. The van der Waals surface area contributed by atoms with Gasteiger partial charge < -0.3 is 5.32 Å². The van der Waals surface area contributed by atoms with Gasteiger partial charge in [-0.1, -0.05) is 6.92 Å². The maximum absolute atomic E-state index is 12.4.